The maximum absolute atomic E-state index is 12.2. The van der Waals surface area contributed by atoms with Gasteiger partial charge in [0, 0.05) is 31.3 Å². The Morgan fingerprint density at radius 3 is 2.87 bits per heavy atom. The SMILES string of the molecule is CCC(CC)OC(=O)N1CC=C(C2=CCc3ncccc32)CC1. The van der Waals surface area contributed by atoms with Crippen molar-refractivity contribution in [1.29, 1.82) is 0 Å². The first kappa shape index (κ1) is 15.8. The molecule has 4 heteroatoms. The van der Waals surface area contributed by atoms with Crippen LogP contribution < -0.4 is 0 Å². The van der Waals surface area contributed by atoms with Crippen molar-refractivity contribution in [2.75, 3.05) is 13.1 Å². The molecule has 0 unspecified atom stereocenters. The number of nitrogens with zero attached hydrogens (tertiary/aromatic N) is 2. The molecule has 1 aliphatic heterocycles. The Labute approximate surface area is 137 Å². The Balaban J connectivity index is 1.64. The first-order valence-corrected chi connectivity index (χ1v) is 8.52. The van der Waals surface area contributed by atoms with Gasteiger partial charge in [0.1, 0.15) is 6.10 Å². The Morgan fingerprint density at radius 2 is 2.17 bits per heavy atom. The van der Waals surface area contributed by atoms with Crippen molar-refractivity contribution in [2.24, 2.45) is 0 Å². The van der Waals surface area contributed by atoms with E-state index in [-0.39, 0.29) is 12.2 Å². The van der Waals surface area contributed by atoms with Gasteiger partial charge in [-0.25, -0.2) is 4.79 Å². The van der Waals surface area contributed by atoms with Crippen molar-refractivity contribution < 1.29 is 9.53 Å². The first-order chi connectivity index (χ1) is 11.2. The maximum atomic E-state index is 12.2. The van der Waals surface area contributed by atoms with Gasteiger partial charge < -0.3 is 9.64 Å². The standard InChI is InChI=1S/C19H24N2O2/c1-3-15(4-2)23-19(22)21-12-9-14(10-13-21)16-7-8-18-17(16)6-5-11-20-18/h5-7,9,11,15H,3-4,8,10,12-13H2,1-2H3. The lowest BCUT2D eigenvalue weighted by Gasteiger charge is -2.28. The van der Waals surface area contributed by atoms with Gasteiger partial charge in [0.25, 0.3) is 0 Å². The third kappa shape index (κ3) is 3.31. The van der Waals surface area contributed by atoms with Crippen LogP contribution in [0.1, 0.15) is 44.4 Å². The molecule has 0 bridgehead atoms. The molecule has 0 atom stereocenters. The zero-order chi connectivity index (χ0) is 16.2. The van der Waals surface area contributed by atoms with Gasteiger partial charge in [-0.1, -0.05) is 32.1 Å². The highest BCUT2D eigenvalue weighted by Gasteiger charge is 2.24. The number of hydrogen-bond donors (Lipinski definition) is 0. The van der Waals surface area contributed by atoms with Crippen molar-refractivity contribution in [3.63, 3.8) is 0 Å². The van der Waals surface area contributed by atoms with Gasteiger partial charge in [-0.15, -0.1) is 0 Å². The molecule has 1 aromatic rings. The van der Waals surface area contributed by atoms with Crippen molar-refractivity contribution >= 4 is 11.7 Å². The highest BCUT2D eigenvalue weighted by molar-refractivity contribution is 5.83. The summed E-state index contributed by atoms with van der Waals surface area (Å²) in [5, 5.41) is 0. The molecule has 23 heavy (non-hydrogen) atoms. The fourth-order valence-corrected chi connectivity index (χ4v) is 3.21. The summed E-state index contributed by atoms with van der Waals surface area (Å²) >= 11 is 0. The lowest BCUT2D eigenvalue weighted by molar-refractivity contribution is 0.0613. The first-order valence-electron chi connectivity index (χ1n) is 8.52. The zero-order valence-corrected chi connectivity index (χ0v) is 13.9. The Hall–Kier alpha value is -2.10. The number of carbonyl (C=O) groups excluding carboxylic acids is 1. The average molecular weight is 312 g/mol. The summed E-state index contributed by atoms with van der Waals surface area (Å²) < 4.78 is 5.54. The minimum atomic E-state index is -0.184. The molecule has 0 saturated carbocycles. The molecular formula is C19H24N2O2. The number of amides is 1. The van der Waals surface area contributed by atoms with Crippen LogP contribution in [0, 0.1) is 0 Å². The lowest BCUT2D eigenvalue weighted by Crippen LogP contribution is -2.37. The van der Waals surface area contributed by atoms with Crippen LogP contribution >= 0.6 is 0 Å². The van der Waals surface area contributed by atoms with Crippen LogP contribution in [0.5, 0.6) is 0 Å². The number of aromatic nitrogens is 1. The number of hydrogen-bond acceptors (Lipinski definition) is 3. The van der Waals surface area contributed by atoms with Crippen LogP contribution in [0.4, 0.5) is 4.79 Å². The molecule has 1 aromatic heterocycles. The largest absolute Gasteiger partial charge is 0.446 e. The van der Waals surface area contributed by atoms with E-state index in [1.165, 1.54) is 16.7 Å². The van der Waals surface area contributed by atoms with E-state index in [0.717, 1.165) is 37.9 Å². The minimum absolute atomic E-state index is 0.0309. The molecule has 4 nitrogen and oxygen atoms in total. The molecule has 2 aliphatic rings. The van der Waals surface area contributed by atoms with E-state index in [1.807, 2.05) is 26.1 Å². The molecule has 1 aliphatic carbocycles. The molecule has 3 rings (SSSR count). The summed E-state index contributed by atoms with van der Waals surface area (Å²) in [6.45, 7) is 5.44. The fourth-order valence-electron chi connectivity index (χ4n) is 3.21. The number of fused-ring (bicyclic) bond motifs is 1. The number of pyridine rings is 1. The van der Waals surface area contributed by atoms with Gasteiger partial charge in [0.2, 0.25) is 0 Å². The number of ether oxygens (including phenoxy) is 1. The number of allylic oxidation sites excluding steroid dienone is 2. The van der Waals surface area contributed by atoms with Crippen LogP contribution in [-0.2, 0) is 11.2 Å². The van der Waals surface area contributed by atoms with Crippen molar-refractivity contribution in [3.05, 3.63) is 47.3 Å². The van der Waals surface area contributed by atoms with Crippen LogP contribution in [0.25, 0.3) is 5.57 Å². The van der Waals surface area contributed by atoms with Gasteiger partial charge in [-0.05, 0) is 36.5 Å². The molecule has 0 radical (unpaired) electrons. The van der Waals surface area contributed by atoms with Gasteiger partial charge in [-0.2, -0.15) is 0 Å². The van der Waals surface area contributed by atoms with E-state index in [1.54, 1.807) is 4.90 Å². The van der Waals surface area contributed by atoms with E-state index in [2.05, 4.69) is 23.2 Å². The molecular weight excluding hydrogens is 288 g/mol. The van der Waals surface area contributed by atoms with E-state index >= 15 is 0 Å². The van der Waals surface area contributed by atoms with Gasteiger partial charge in [-0.3, -0.25) is 4.98 Å². The molecule has 0 fully saturated rings. The van der Waals surface area contributed by atoms with Crippen LogP contribution in [-0.4, -0.2) is 35.2 Å². The summed E-state index contributed by atoms with van der Waals surface area (Å²) in [6, 6.07) is 4.12. The summed E-state index contributed by atoms with van der Waals surface area (Å²) in [6.07, 6.45) is 9.62. The van der Waals surface area contributed by atoms with Crippen LogP contribution in [0.3, 0.4) is 0 Å². The minimum Gasteiger partial charge on any atom is -0.446 e. The number of rotatable bonds is 4. The van der Waals surface area contributed by atoms with E-state index < -0.39 is 0 Å². The van der Waals surface area contributed by atoms with E-state index in [4.69, 9.17) is 4.74 Å². The monoisotopic (exact) mass is 312 g/mol. The molecule has 1 amide bonds. The third-order valence-electron chi connectivity index (χ3n) is 4.67. The number of carbonyl (C=O) groups is 1. The molecule has 0 N–H and O–H groups in total. The summed E-state index contributed by atoms with van der Waals surface area (Å²) in [4.78, 5) is 18.4. The lowest BCUT2D eigenvalue weighted by atomic mass is 9.96. The van der Waals surface area contributed by atoms with E-state index in [9.17, 15) is 4.79 Å². The second-order valence-electron chi connectivity index (χ2n) is 6.07. The Kier molecular flexibility index (Phi) is 4.79. The smallest absolute Gasteiger partial charge is 0.410 e. The van der Waals surface area contributed by atoms with Crippen LogP contribution in [0.2, 0.25) is 0 Å². The highest BCUT2D eigenvalue weighted by atomic mass is 16.6. The zero-order valence-electron chi connectivity index (χ0n) is 13.9. The quantitative estimate of drug-likeness (QED) is 0.844. The summed E-state index contributed by atoms with van der Waals surface area (Å²) in [5.41, 5.74) is 5.01. The van der Waals surface area contributed by atoms with Crippen molar-refractivity contribution in [3.8, 4) is 0 Å². The van der Waals surface area contributed by atoms with Crippen molar-refractivity contribution in [1.82, 2.24) is 9.88 Å². The topological polar surface area (TPSA) is 42.4 Å². The Bertz CT molecular complexity index is 645. The average Bonchev–Trinajstić information content (AvgIpc) is 3.03. The maximum Gasteiger partial charge on any atom is 0.410 e. The predicted molar refractivity (Wildman–Crippen MR) is 91.0 cm³/mol. The second-order valence-corrected chi connectivity index (χ2v) is 6.07. The van der Waals surface area contributed by atoms with E-state index in [0.29, 0.717) is 6.54 Å². The molecule has 0 aromatic carbocycles. The van der Waals surface area contributed by atoms with Crippen LogP contribution in [0.15, 0.2) is 36.1 Å². The molecule has 122 valence electrons. The molecule has 0 saturated heterocycles. The molecule has 2 heterocycles. The van der Waals surface area contributed by atoms with Gasteiger partial charge >= 0.3 is 6.09 Å². The van der Waals surface area contributed by atoms with Gasteiger partial charge in [0.05, 0.1) is 5.69 Å². The third-order valence-corrected chi connectivity index (χ3v) is 4.67. The Morgan fingerprint density at radius 1 is 1.35 bits per heavy atom. The highest BCUT2D eigenvalue weighted by Crippen LogP contribution is 2.34. The van der Waals surface area contributed by atoms with Gasteiger partial charge in [0.15, 0.2) is 0 Å². The fraction of sp³-hybridized carbons (Fsp3) is 0.474. The molecule has 0 spiro atoms. The van der Waals surface area contributed by atoms with Crippen molar-refractivity contribution in [2.45, 2.75) is 45.6 Å². The normalized spacial score (nSPS) is 16.9. The second kappa shape index (κ2) is 6.99. The predicted octanol–water partition coefficient (Wildman–Crippen LogP) is 3.98. The summed E-state index contributed by atoms with van der Waals surface area (Å²) in [7, 11) is 0. The summed E-state index contributed by atoms with van der Waals surface area (Å²) in [5.74, 6) is 0.